The Morgan fingerprint density at radius 1 is 0.966 bits per heavy atom. The first kappa shape index (κ1) is 18.2. The maximum Gasteiger partial charge on any atom is 0.276 e. The van der Waals surface area contributed by atoms with Gasteiger partial charge in [0.25, 0.3) is 5.91 Å². The molecular formula is C20H18N6O3. The van der Waals surface area contributed by atoms with Crippen LogP contribution >= 0.6 is 0 Å². The molecule has 0 bridgehead atoms. The number of pyridine rings is 1. The van der Waals surface area contributed by atoms with Crippen LogP contribution in [0.4, 0.5) is 17.2 Å². The summed E-state index contributed by atoms with van der Waals surface area (Å²) in [7, 11) is 3.09. The van der Waals surface area contributed by atoms with Crippen LogP contribution in [0.3, 0.4) is 0 Å². The lowest BCUT2D eigenvalue weighted by Gasteiger charge is -2.10. The average Bonchev–Trinajstić information content (AvgIpc) is 3.18. The van der Waals surface area contributed by atoms with Crippen LogP contribution in [0.25, 0.3) is 5.65 Å². The number of amides is 1. The number of nitrogens with one attached hydrogen (secondary N) is 2. The third-order valence-corrected chi connectivity index (χ3v) is 4.19. The van der Waals surface area contributed by atoms with Crippen molar-refractivity contribution in [3.05, 3.63) is 66.7 Å². The van der Waals surface area contributed by atoms with Crippen molar-refractivity contribution in [1.29, 1.82) is 0 Å². The molecule has 0 fully saturated rings. The standard InChI is InChI=1S/C20H18N6O3/c1-28-16-4-3-14(11-17(16)29-2)24-20(27)15-12-22-19-6-5-18(25-26(15)19)23-13-7-9-21-10-8-13/h3-12H,1-2H3,(H,24,27)(H,21,23,25). The van der Waals surface area contributed by atoms with E-state index in [4.69, 9.17) is 9.47 Å². The van der Waals surface area contributed by atoms with E-state index in [2.05, 4.69) is 25.7 Å². The van der Waals surface area contributed by atoms with Crippen LogP contribution < -0.4 is 20.1 Å². The van der Waals surface area contributed by atoms with Crippen LogP contribution in [0, 0.1) is 0 Å². The van der Waals surface area contributed by atoms with Crippen molar-refractivity contribution in [3.63, 3.8) is 0 Å². The molecule has 1 amide bonds. The largest absolute Gasteiger partial charge is 0.493 e. The Labute approximate surface area is 166 Å². The predicted molar refractivity (Wildman–Crippen MR) is 108 cm³/mol. The van der Waals surface area contributed by atoms with Crippen LogP contribution in [0.1, 0.15) is 10.5 Å². The third-order valence-electron chi connectivity index (χ3n) is 4.19. The first-order valence-electron chi connectivity index (χ1n) is 8.73. The Morgan fingerprint density at radius 2 is 1.76 bits per heavy atom. The predicted octanol–water partition coefficient (Wildman–Crippen LogP) is 3.14. The number of imidazole rings is 1. The number of carbonyl (C=O) groups is 1. The molecule has 9 nitrogen and oxygen atoms in total. The number of hydrogen-bond donors (Lipinski definition) is 2. The van der Waals surface area contributed by atoms with E-state index in [9.17, 15) is 4.79 Å². The van der Waals surface area contributed by atoms with E-state index in [1.165, 1.54) is 17.8 Å². The molecule has 0 saturated heterocycles. The second kappa shape index (κ2) is 7.85. The highest BCUT2D eigenvalue weighted by molar-refractivity contribution is 6.03. The van der Waals surface area contributed by atoms with Crippen molar-refractivity contribution in [3.8, 4) is 11.5 Å². The average molecular weight is 390 g/mol. The highest BCUT2D eigenvalue weighted by Gasteiger charge is 2.15. The summed E-state index contributed by atoms with van der Waals surface area (Å²) in [5.41, 5.74) is 2.26. The van der Waals surface area contributed by atoms with E-state index in [1.54, 1.807) is 49.8 Å². The number of rotatable bonds is 6. The SMILES string of the molecule is COc1ccc(NC(=O)c2cnc3ccc(Nc4ccncc4)nn23)cc1OC. The lowest BCUT2D eigenvalue weighted by Crippen LogP contribution is -2.15. The molecule has 0 atom stereocenters. The summed E-state index contributed by atoms with van der Waals surface area (Å²) in [6.07, 6.45) is 4.84. The number of fused-ring (bicyclic) bond motifs is 1. The topological polar surface area (TPSA) is 103 Å². The van der Waals surface area contributed by atoms with Crippen molar-refractivity contribution in [1.82, 2.24) is 19.6 Å². The number of methoxy groups -OCH3 is 2. The molecule has 0 aliphatic rings. The smallest absolute Gasteiger partial charge is 0.276 e. The molecule has 4 aromatic rings. The summed E-state index contributed by atoms with van der Waals surface area (Å²) in [6, 6.07) is 12.4. The van der Waals surface area contributed by atoms with E-state index in [-0.39, 0.29) is 5.91 Å². The summed E-state index contributed by atoms with van der Waals surface area (Å²) in [6.45, 7) is 0. The molecule has 4 rings (SSSR count). The zero-order valence-electron chi connectivity index (χ0n) is 15.8. The molecule has 9 heteroatoms. The Kier molecular flexibility index (Phi) is 4.93. The number of benzene rings is 1. The van der Waals surface area contributed by atoms with Gasteiger partial charge >= 0.3 is 0 Å². The lowest BCUT2D eigenvalue weighted by molar-refractivity contribution is 0.102. The van der Waals surface area contributed by atoms with Gasteiger partial charge in [-0.2, -0.15) is 0 Å². The van der Waals surface area contributed by atoms with Gasteiger partial charge in [0.1, 0.15) is 0 Å². The lowest BCUT2D eigenvalue weighted by atomic mass is 10.2. The summed E-state index contributed by atoms with van der Waals surface area (Å²) in [4.78, 5) is 21.0. The van der Waals surface area contributed by atoms with Crippen LogP contribution in [0.15, 0.2) is 61.1 Å². The summed E-state index contributed by atoms with van der Waals surface area (Å²) < 4.78 is 12.0. The normalized spacial score (nSPS) is 10.6. The molecule has 2 N–H and O–H groups in total. The zero-order chi connectivity index (χ0) is 20.2. The second-order valence-corrected chi connectivity index (χ2v) is 6.02. The monoisotopic (exact) mass is 390 g/mol. The Morgan fingerprint density at radius 3 is 2.52 bits per heavy atom. The Bertz CT molecular complexity index is 1160. The van der Waals surface area contributed by atoms with Crippen molar-refractivity contribution in [2.24, 2.45) is 0 Å². The molecule has 0 spiro atoms. The maximum atomic E-state index is 12.8. The van der Waals surface area contributed by atoms with Crippen molar-refractivity contribution in [2.75, 3.05) is 24.9 Å². The Hall–Kier alpha value is -4.14. The van der Waals surface area contributed by atoms with Crippen LogP contribution in [0.2, 0.25) is 0 Å². The molecule has 3 heterocycles. The van der Waals surface area contributed by atoms with Gasteiger partial charge < -0.3 is 20.1 Å². The summed E-state index contributed by atoms with van der Waals surface area (Å²) >= 11 is 0. The van der Waals surface area contributed by atoms with Gasteiger partial charge in [-0.15, -0.1) is 5.10 Å². The van der Waals surface area contributed by atoms with Gasteiger partial charge in [-0.3, -0.25) is 9.78 Å². The van der Waals surface area contributed by atoms with Crippen LogP contribution in [-0.2, 0) is 0 Å². The molecule has 0 radical (unpaired) electrons. The van der Waals surface area contributed by atoms with Gasteiger partial charge in [-0.1, -0.05) is 0 Å². The number of aromatic nitrogens is 4. The number of anilines is 3. The summed E-state index contributed by atoms with van der Waals surface area (Å²) in [5, 5.41) is 10.5. The number of hydrogen-bond acceptors (Lipinski definition) is 7. The van der Waals surface area contributed by atoms with E-state index >= 15 is 0 Å². The highest BCUT2D eigenvalue weighted by atomic mass is 16.5. The minimum Gasteiger partial charge on any atom is -0.493 e. The van der Waals surface area contributed by atoms with Gasteiger partial charge in [-0.05, 0) is 36.4 Å². The minimum absolute atomic E-state index is 0.299. The van der Waals surface area contributed by atoms with E-state index in [0.717, 1.165) is 5.69 Å². The highest BCUT2D eigenvalue weighted by Crippen LogP contribution is 2.30. The molecule has 146 valence electrons. The van der Waals surface area contributed by atoms with E-state index in [1.807, 2.05) is 12.1 Å². The molecule has 1 aromatic carbocycles. The fraction of sp³-hybridized carbons (Fsp3) is 0.100. The molecule has 3 aromatic heterocycles. The molecule has 0 unspecified atom stereocenters. The molecular weight excluding hydrogens is 372 g/mol. The zero-order valence-corrected chi connectivity index (χ0v) is 15.8. The van der Waals surface area contributed by atoms with E-state index < -0.39 is 0 Å². The fourth-order valence-corrected chi connectivity index (χ4v) is 2.79. The fourth-order valence-electron chi connectivity index (χ4n) is 2.79. The van der Waals surface area contributed by atoms with Crippen molar-refractivity contribution >= 4 is 28.7 Å². The summed E-state index contributed by atoms with van der Waals surface area (Å²) in [5.74, 6) is 1.32. The van der Waals surface area contributed by atoms with Crippen LogP contribution in [0.5, 0.6) is 11.5 Å². The molecule has 0 aliphatic heterocycles. The van der Waals surface area contributed by atoms with Gasteiger partial charge in [0.15, 0.2) is 28.7 Å². The quantitative estimate of drug-likeness (QED) is 0.521. The minimum atomic E-state index is -0.349. The van der Waals surface area contributed by atoms with Crippen molar-refractivity contribution < 1.29 is 14.3 Å². The van der Waals surface area contributed by atoms with E-state index in [0.29, 0.717) is 34.3 Å². The van der Waals surface area contributed by atoms with Gasteiger partial charge in [0.2, 0.25) is 0 Å². The number of ether oxygens (including phenoxy) is 2. The molecule has 0 aliphatic carbocycles. The molecule has 0 saturated carbocycles. The first-order chi connectivity index (χ1) is 14.2. The maximum absolute atomic E-state index is 12.8. The second-order valence-electron chi connectivity index (χ2n) is 6.02. The third kappa shape index (κ3) is 3.79. The van der Waals surface area contributed by atoms with Crippen molar-refractivity contribution in [2.45, 2.75) is 0 Å². The van der Waals surface area contributed by atoms with Gasteiger partial charge in [0.05, 0.1) is 20.4 Å². The molecule has 29 heavy (non-hydrogen) atoms. The first-order valence-corrected chi connectivity index (χ1v) is 8.73. The van der Waals surface area contributed by atoms with Gasteiger partial charge in [-0.25, -0.2) is 9.50 Å². The Balaban J connectivity index is 1.60. The van der Waals surface area contributed by atoms with Gasteiger partial charge in [0, 0.05) is 29.8 Å². The van der Waals surface area contributed by atoms with Crippen LogP contribution in [-0.4, -0.2) is 39.7 Å². The number of carbonyl (C=O) groups excluding carboxylic acids is 1. The number of nitrogens with zero attached hydrogens (tertiary/aromatic N) is 4.